The highest BCUT2D eigenvalue weighted by Gasteiger charge is 2.21. The maximum Gasteiger partial charge on any atom is 0.257 e. The Morgan fingerprint density at radius 2 is 1.73 bits per heavy atom. The third-order valence-corrected chi connectivity index (χ3v) is 7.84. The standard InChI is InChI=1S/C32H38N6O3/c1-5-6-30(39)27-18-33-38(22(27)3)25-10-8-23(9-11-25)35-32(41)28-19-37(29-12-7-21(2)17-26(28)29)20-31(40)34-24-13-15-36(4)16-14-24/h7-12,17-19,24H,5-6,13-16,20H2,1-4H3,(H,34,40)(H,35,41). The van der Waals surface area contributed by atoms with E-state index < -0.39 is 0 Å². The Labute approximate surface area is 240 Å². The summed E-state index contributed by atoms with van der Waals surface area (Å²) in [4.78, 5) is 41.0. The minimum Gasteiger partial charge on any atom is -0.352 e. The van der Waals surface area contributed by atoms with Crippen LogP contribution in [0.5, 0.6) is 0 Å². The number of anilines is 1. The molecule has 3 heterocycles. The number of hydrogen-bond donors (Lipinski definition) is 2. The molecule has 2 amide bonds. The Balaban J connectivity index is 1.31. The second-order valence-electron chi connectivity index (χ2n) is 11.1. The molecule has 41 heavy (non-hydrogen) atoms. The number of hydrogen-bond acceptors (Lipinski definition) is 5. The zero-order chi connectivity index (χ0) is 29.1. The van der Waals surface area contributed by atoms with Crippen molar-refractivity contribution in [2.45, 2.75) is 59.0 Å². The van der Waals surface area contributed by atoms with Gasteiger partial charge in [0.1, 0.15) is 6.54 Å². The highest BCUT2D eigenvalue weighted by atomic mass is 16.2. The zero-order valence-electron chi connectivity index (χ0n) is 24.2. The fraction of sp³-hybridized carbons (Fsp3) is 0.375. The molecule has 9 heteroatoms. The molecule has 0 atom stereocenters. The van der Waals surface area contributed by atoms with E-state index in [1.54, 1.807) is 17.1 Å². The molecule has 0 bridgehead atoms. The van der Waals surface area contributed by atoms with E-state index in [0.717, 1.165) is 60.2 Å². The van der Waals surface area contributed by atoms with Crippen molar-refractivity contribution in [1.82, 2.24) is 24.6 Å². The number of rotatable bonds is 9. The molecule has 0 aliphatic carbocycles. The molecule has 0 spiro atoms. The number of nitrogens with one attached hydrogen (secondary N) is 2. The summed E-state index contributed by atoms with van der Waals surface area (Å²) in [5.74, 6) is -0.201. The van der Waals surface area contributed by atoms with Crippen molar-refractivity contribution in [3.63, 3.8) is 0 Å². The van der Waals surface area contributed by atoms with Gasteiger partial charge in [0.05, 0.1) is 28.7 Å². The van der Waals surface area contributed by atoms with Gasteiger partial charge in [0.15, 0.2) is 5.78 Å². The molecule has 1 fully saturated rings. The summed E-state index contributed by atoms with van der Waals surface area (Å²) in [5.41, 5.74) is 5.27. The lowest BCUT2D eigenvalue weighted by atomic mass is 10.1. The lowest BCUT2D eigenvalue weighted by Crippen LogP contribution is -2.44. The third-order valence-electron chi connectivity index (χ3n) is 7.84. The fourth-order valence-corrected chi connectivity index (χ4v) is 5.49. The van der Waals surface area contributed by atoms with Crippen molar-refractivity contribution in [2.75, 3.05) is 25.5 Å². The largest absolute Gasteiger partial charge is 0.352 e. The van der Waals surface area contributed by atoms with E-state index in [0.29, 0.717) is 23.2 Å². The molecule has 0 unspecified atom stereocenters. The molecule has 214 valence electrons. The van der Waals surface area contributed by atoms with E-state index in [4.69, 9.17) is 0 Å². The van der Waals surface area contributed by atoms with E-state index in [2.05, 4.69) is 27.7 Å². The lowest BCUT2D eigenvalue weighted by Gasteiger charge is -2.29. The van der Waals surface area contributed by atoms with Crippen molar-refractivity contribution < 1.29 is 14.4 Å². The Bertz CT molecular complexity index is 1570. The van der Waals surface area contributed by atoms with Gasteiger partial charge in [0.25, 0.3) is 5.91 Å². The smallest absolute Gasteiger partial charge is 0.257 e. The van der Waals surface area contributed by atoms with Gasteiger partial charge in [0.2, 0.25) is 5.91 Å². The second-order valence-corrected chi connectivity index (χ2v) is 11.1. The molecular weight excluding hydrogens is 516 g/mol. The van der Waals surface area contributed by atoms with Crippen LogP contribution in [0.1, 0.15) is 64.6 Å². The fourth-order valence-electron chi connectivity index (χ4n) is 5.49. The Hall–Kier alpha value is -4.24. The number of ketones is 1. The number of Topliss-reactive ketones (excluding diaryl/α,β-unsaturated/α-hetero) is 1. The summed E-state index contributed by atoms with van der Waals surface area (Å²) < 4.78 is 3.59. The number of carbonyl (C=O) groups excluding carboxylic acids is 3. The lowest BCUT2D eigenvalue weighted by molar-refractivity contribution is -0.122. The summed E-state index contributed by atoms with van der Waals surface area (Å²) in [6, 6.07) is 13.5. The molecule has 1 saturated heterocycles. The molecule has 1 aliphatic rings. The summed E-state index contributed by atoms with van der Waals surface area (Å²) in [6.45, 7) is 7.96. The molecular formula is C32H38N6O3. The van der Waals surface area contributed by atoms with Crippen molar-refractivity contribution in [3.05, 3.63) is 77.2 Å². The predicted octanol–water partition coefficient (Wildman–Crippen LogP) is 4.89. The number of piperidine rings is 1. The number of carbonyl (C=O) groups is 3. The Morgan fingerprint density at radius 3 is 2.44 bits per heavy atom. The van der Waals surface area contributed by atoms with Crippen LogP contribution >= 0.6 is 0 Å². The van der Waals surface area contributed by atoms with Gasteiger partial charge in [-0.25, -0.2) is 4.68 Å². The molecule has 2 aromatic carbocycles. The van der Waals surface area contributed by atoms with Gasteiger partial charge in [-0.15, -0.1) is 0 Å². The van der Waals surface area contributed by atoms with Crippen molar-refractivity contribution in [3.8, 4) is 5.69 Å². The maximum absolute atomic E-state index is 13.5. The number of benzene rings is 2. The number of likely N-dealkylation sites (tertiary alicyclic amines) is 1. The topological polar surface area (TPSA) is 101 Å². The molecule has 5 rings (SSSR count). The third kappa shape index (κ3) is 6.25. The molecule has 0 saturated carbocycles. The Kier molecular flexibility index (Phi) is 8.35. The summed E-state index contributed by atoms with van der Waals surface area (Å²) in [7, 11) is 2.10. The SMILES string of the molecule is CCCC(=O)c1cnn(-c2ccc(NC(=O)c3cn(CC(=O)NC4CCN(C)CC4)c4ccc(C)cc34)cc2)c1C. The first-order chi connectivity index (χ1) is 19.7. The van der Waals surface area contributed by atoms with Crippen LogP contribution < -0.4 is 10.6 Å². The number of amides is 2. The first kappa shape index (κ1) is 28.3. The van der Waals surface area contributed by atoms with E-state index in [1.165, 1.54) is 0 Å². The van der Waals surface area contributed by atoms with E-state index in [9.17, 15) is 14.4 Å². The van der Waals surface area contributed by atoms with Crippen LogP contribution in [0.25, 0.3) is 16.6 Å². The zero-order valence-corrected chi connectivity index (χ0v) is 24.2. The number of fused-ring (bicyclic) bond motifs is 1. The minimum atomic E-state index is -0.245. The number of nitrogens with zero attached hydrogens (tertiary/aromatic N) is 4. The maximum atomic E-state index is 13.5. The molecule has 1 aliphatic heterocycles. The van der Waals surface area contributed by atoms with Crippen molar-refractivity contribution in [1.29, 1.82) is 0 Å². The first-order valence-electron chi connectivity index (χ1n) is 14.3. The predicted molar refractivity (Wildman–Crippen MR) is 161 cm³/mol. The van der Waals surface area contributed by atoms with E-state index in [-0.39, 0.29) is 30.2 Å². The van der Waals surface area contributed by atoms with Gasteiger partial charge in [-0.1, -0.05) is 18.6 Å². The highest BCUT2D eigenvalue weighted by molar-refractivity contribution is 6.13. The number of aryl methyl sites for hydroxylation is 1. The molecule has 0 radical (unpaired) electrons. The molecule has 4 aromatic rings. The van der Waals surface area contributed by atoms with Crippen molar-refractivity contribution in [2.24, 2.45) is 0 Å². The van der Waals surface area contributed by atoms with Crippen LogP contribution in [0.15, 0.2) is 54.9 Å². The highest BCUT2D eigenvalue weighted by Crippen LogP contribution is 2.25. The quantitative estimate of drug-likeness (QED) is 0.287. The molecule has 2 N–H and O–H groups in total. The molecule has 9 nitrogen and oxygen atoms in total. The summed E-state index contributed by atoms with van der Waals surface area (Å²) >= 11 is 0. The van der Waals surface area contributed by atoms with Crippen LogP contribution in [-0.4, -0.2) is 63.0 Å². The Morgan fingerprint density at radius 1 is 1.00 bits per heavy atom. The van der Waals surface area contributed by atoms with Crippen LogP contribution in [0.2, 0.25) is 0 Å². The van der Waals surface area contributed by atoms with E-state index in [1.807, 2.05) is 67.8 Å². The first-order valence-corrected chi connectivity index (χ1v) is 14.3. The number of aromatic nitrogens is 3. The van der Waals surface area contributed by atoms with Gasteiger partial charge >= 0.3 is 0 Å². The average molecular weight is 555 g/mol. The average Bonchev–Trinajstić information content (AvgIpc) is 3.50. The summed E-state index contributed by atoms with van der Waals surface area (Å²) in [5, 5.41) is 11.4. The van der Waals surface area contributed by atoms with Crippen LogP contribution in [0, 0.1) is 13.8 Å². The van der Waals surface area contributed by atoms with Gasteiger partial charge in [0, 0.05) is 35.2 Å². The minimum absolute atomic E-state index is 0.0481. The van der Waals surface area contributed by atoms with Gasteiger partial charge < -0.3 is 20.1 Å². The van der Waals surface area contributed by atoms with Gasteiger partial charge in [-0.05, 0) is 89.6 Å². The van der Waals surface area contributed by atoms with Gasteiger partial charge in [-0.3, -0.25) is 14.4 Å². The van der Waals surface area contributed by atoms with E-state index >= 15 is 0 Å². The normalized spacial score (nSPS) is 14.3. The summed E-state index contributed by atoms with van der Waals surface area (Å²) in [6.07, 6.45) is 6.56. The monoisotopic (exact) mass is 554 g/mol. The van der Waals surface area contributed by atoms with Crippen LogP contribution in [-0.2, 0) is 11.3 Å². The van der Waals surface area contributed by atoms with Crippen molar-refractivity contribution >= 4 is 34.2 Å². The second kappa shape index (κ2) is 12.1. The van der Waals surface area contributed by atoms with Crippen LogP contribution in [0.3, 0.4) is 0 Å². The van der Waals surface area contributed by atoms with Gasteiger partial charge in [-0.2, -0.15) is 5.10 Å². The van der Waals surface area contributed by atoms with Crippen LogP contribution in [0.4, 0.5) is 5.69 Å². The molecule has 2 aromatic heterocycles.